The number of hydrogen-bond donors (Lipinski definition) is 1. The maximum atomic E-state index is 4.29. The van der Waals surface area contributed by atoms with Gasteiger partial charge in [-0.3, -0.25) is 0 Å². The van der Waals surface area contributed by atoms with E-state index in [2.05, 4.69) is 19.7 Å². The zero-order valence-electron chi connectivity index (χ0n) is 8.39. The van der Waals surface area contributed by atoms with Gasteiger partial charge >= 0.3 is 0 Å². The van der Waals surface area contributed by atoms with Crippen LogP contribution in [0.2, 0.25) is 0 Å². The molecule has 0 aromatic carbocycles. The first-order chi connectivity index (χ1) is 7.28. The van der Waals surface area contributed by atoms with Gasteiger partial charge in [-0.15, -0.1) is 0 Å². The molecule has 2 aromatic heterocycles. The molecule has 0 aliphatic heterocycles. The zero-order valence-corrected chi connectivity index (χ0v) is 10.0. The van der Waals surface area contributed by atoms with Gasteiger partial charge in [-0.1, -0.05) is 11.8 Å². The van der Waals surface area contributed by atoms with Crippen LogP contribution in [-0.4, -0.2) is 21.4 Å². The SMILES string of the molecule is CNc1cc(Sc2nc(C)ns2)ccn1. The summed E-state index contributed by atoms with van der Waals surface area (Å²) < 4.78 is 5.09. The molecule has 0 fully saturated rings. The standard InChI is InChI=1S/C9H10N4S2/c1-6-12-9(15-13-6)14-7-3-4-11-8(5-7)10-2/h3-5H,1-2H3,(H,10,11). The molecule has 6 heteroatoms. The summed E-state index contributed by atoms with van der Waals surface area (Å²) in [6, 6.07) is 3.95. The van der Waals surface area contributed by atoms with E-state index in [0.717, 1.165) is 20.9 Å². The van der Waals surface area contributed by atoms with Gasteiger partial charge < -0.3 is 5.32 Å². The van der Waals surface area contributed by atoms with Crippen molar-refractivity contribution in [3.05, 3.63) is 24.2 Å². The number of pyridine rings is 1. The van der Waals surface area contributed by atoms with Crippen LogP contribution in [-0.2, 0) is 0 Å². The number of aromatic nitrogens is 3. The Morgan fingerprint density at radius 2 is 2.33 bits per heavy atom. The van der Waals surface area contributed by atoms with E-state index in [1.54, 1.807) is 18.0 Å². The van der Waals surface area contributed by atoms with Crippen molar-refractivity contribution in [1.82, 2.24) is 14.3 Å². The second-order valence-electron chi connectivity index (χ2n) is 2.84. The molecule has 0 amide bonds. The fourth-order valence-corrected chi connectivity index (χ4v) is 2.68. The quantitative estimate of drug-likeness (QED) is 0.890. The van der Waals surface area contributed by atoms with Crippen molar-refractivity contribution in [2.75, 3.05) is 12.4 Å². The van der Waals surface area contributed by atoms with Crippen LogP contribution in [0.15, 0.2) is 27.6 Å². The number of nitrogens with one attached hydrogen (secondary N) is 1. The average molecular weight is 238 g/mol. The van der Waals surface area contributed by atoms with Gasteiger partial charge in [-0.25, -0.2) is 9.97 Å². The lowest BCUT2D eigenvalue weighted by Gasteiger charge is -2.00. The van der Waals surface area contributed by atoms with Gasteiger partial charge in [-0.05, 0) is 30.6 Å². The lowest BCUT2D eigenvalue weighted by Crippen LogP contribution is -1.90. The molecule has 0 unspecified atom stereocenters. The molecular formula is C9H10N4S2. The summed E-state index contributed by atoms with van der Waals surface area (Å²) in [5.41, 5.74) is 0. The van der Waals surface area contributed by atoms with Crippen LogP contribution in [0, 0.1) is 6.92 Å². The molecule has 0 saturated heterocycles. The van der Waals surface area contributed by atoms with Crippen LogP contribution in [0.4, 0.5) is 5.82 Å². The lowest BCUT2D eigenvalue weighted by molar-refractivity contribution is 1.10. The first kappa shape index (κ1) is 10.4. The summed E-state index contributed by atoms with van der Waals surface area (Å²) in [4.78, 5) is 9.55. The maximum absolute atomic E-state index is 4.29. The largest absolute Gasteiger partial charge is 0.373 e. The Balaban J connectivity index is 2.16. The third-order valence-corrected chi connectivity index (χ3v) is 3.53. The molecule has 0 radical (unpaired) electrons. The molecule has 1 N–H and O–H groups in total. The van der Waals surface area contributed by atoms with Crippen LogP contribution in [0.25, 0.3) is 0 Å². The van der Waals surface area contributed by atoms with Crippen LogP contribution in [0.3, 0.4) is 0 Å². The van der Waals surface area contributed by atoms with Crippen molar-refractivity contribution in [2.24, 2.45) is 0 Å². The first-order valence-electron chi connectivity index (χ1n) is 4.40. The summed E-state index contributed by atoms with van der Waals surface area (Å²) >= 11 is 3.02. The number of hydrogen-bond acceptors (Lipinski definition) is 6. The van der Waals surface area contributed by atoms with Gasteiger partial charge in [0.15, 0.2) is 4.34 Å². The number of aryl methyl sites for hydroxylation is 1. The number of rotatable bonds is 3. The smallest absolute Gasteiger partial charge is 0.174 e. The van der Waals surface area contributed by atoms with Crippen molar-refractivity contribution >= 4 is 29.1 Å². The summed E-state index contributed by atoms with van der Waals surface area (Å²) in [5, 5.41) is 3.00. The average Bonchev–Trinajstić information content (AvgIpc) is 2.64. The van der Waals surface area contributed by atoms with Gasteiger partial charge in [0.05, 0.1) is 0 Å². The van der Waals surface area contributed by atoms with E-state index in [1.165, 1.54) is 11.5 Å². The highest BCUT2D eigenvalue weighted by Crippen LogP contribution is 2.29. The highest BCUT2D eigenvalue weighted by Gasteiger charge is 2.03. The molecule has 4 nitrogen and oxygen atoms in total. The molecule has 0 spiro atoms. The minimum Gasteiger partial charge on any atom is -0.373 e. The Morgan fingerprint density at radius 3 is 3.00 bits per heavy atom. The van der Waals surface area contributed by atoms with Crippen molar-refractivity contribution in [1.29, 1.82) is 0 Å². The topological polar surface area (TPSA) is 50.7 Å². The predicted octanol–water partition coefficient (Wildman–Crippen LogP) is 2.43. The maximum Gasteiger partial charge on any atom is 0.174 e. The molecule has 2 heterocycles. The van der Waals surface area contributed by atoms with E-state index in [1.807, 2.05) is 26.1 Å². The molecule has 0 aliphatic carbocycles. The van der Waals surface area contributed by atoms with Gasteiger partial charge in [0.25, 0.3) is 0 Å². The van der Waals surface area contributed by atoms with E-state index < -0.39 is 0 Å². The monoisotopic (exact) mass is 238 g/mol. The Labute approximate surface area is 96.3 Å². The van der Waals surface area contributed by atoms with Crippen LogP contribution >= 0.6 is 23.3 Å². The molecule has 0 atom stereocenters. The van der Waals surface area contributed by atoms with Crippen LogP contribution in [0.1, 0.15) is 5.82 Å². The highest BCUT2D eigenvalue weighted by molar-refractivity contribution is 8.01. The molecule has 0 bridgehead atoms. The van der Waals surface area contributed by atoms with Crippen molar-refractivity contribution in [2.45, 2.75) is 16.2 Å². The molecule has 2 rings (SSSR count). The molecular weight excluding hydrogens is 228 g/mol. The Bertz CT molecular complexity index is 455. The third-order valence-electron chi connectivity index (χ3n) is 1.70. The first-order valence-corrected chi connectivity index (χ1v) is 5.99. The molecule has 15 heavy (non-hydrogen) atoms. The zero-order chi connectivity index (χ0) is 10.7. The minimum atomic E-state index is 0.824. The highest BCUT2D eigenvalue weighted by atomic mass is 32.2. The number of nitrogens with zero attached hydrogens (tertiary/aromatic N) is 3. The van der Waals surface area contributed by atoms with Crippen LogP contribution in [0.5, 0.6) is 0 Å². The fraction of sp³-hybridized carbons (Fsp3) is 0.222. The molecule has 78 valence electrons. The number of anilines is 1. The summed E-state index contributed by atoms with van der Waals surface area (Å²) in [6.45, 7) is 1.89. The van der Waals surface area contributed by atoms with Gasteiger partial charge in [0.2, 0.25) is 0 Å². The van der Waals surface area contributed by atoms with E-state index in [4.69, 9.17) is 0 Å². The van der Waals surface area contributed by atoms with E-state index in [9.17, 15) is 0 Å². The Morgan fingerprint density at radius 1 is 1.47 bits per heavy atom. The van der Waals surface area contributed by atoms with E-state index in [0.29, 0.717) is 0 Å². The van der Waals surface area contributed by atoms with Gasteiger partial charge in [0, 0.05) is 18.1 Å². The fourth-order valence-electron chi connectivity index (χ4n) is 1.03. The predicted molar refractivity (Wildman–Crippen MR) is 62.6 cm³/mol. The molecule has 0 saturated carbocycles. The lowest BCUT2D eigenvalue weighted by atomic mass is 10.5. The summed E-state index contributed by atoms with van der Waals surface area (Å²) in [5.74, 6) is 1.69. The molecule has 0 aliphatic rings. The van der Waals surface area contributed by atoms with E-state index in [-0.39, 0.29) is 0 Å². The Hall–Kier alpha value is -1.14. The van der Waals surface area contributed by atoms with Crippen molar-refractivity contribution < 1.29 is 0 Å². The van der Waals surface area contributed by atoms with Gasteiger partial charge in [0.1, 0.15) is 11.6 Å². The summed E-state index contributed by atoms with van der Waals surface area (Å²) in [7, 11) is 1.85. The second kappa shape index (κ2) is 4.59. The second-order valence-corrected chi connectivity index (χ2v) is 4.91. The summed E-state index contributed by atoms with van der Waals surface area (Å²) in [6.07, 6.45) is 1.78. The Kier molecular flexibility index (Phi) is 3.17. The van der Waals surface area contributed by atoms with Gasteiger partial charge in [-0.2, -0.15) is 4.37 Å². The van der Waals surface area contributed by atoms with Crippen LogP contribution < -0.4 is 5.32 Å². The van der Waals surface area contributed by atoms with Crippen molar-refractivity contribution in [3.63, 3.8) is 0 Å². The third kappa shape index (κ3) is 2.66. The van der Waals surface area contributed by atoms with Crippen molar-refractivity contribution in [3.8, 4) is 0 Å². The minimum absolute atomic E-state index is 0.824. The van der Waals surface area contributed by atoms with E-state index >= 15 is 0 Å². The molecule has 2 aromatic rings. The normalized spacial score (nSPS) is 10.3.